The lowest BCUT2D eigenvalue weighted by Crippen LogP contribution is -2.55. The fourth-order valence-corrected chi connectivity index (χ4v) is 2.99. The highest BCUT2D eigenvalue weighted by molar-refractivity contribution is 5.09. The molecule has 1 saturated heterocycles. The van der Waals surface area contributed by atoms with Gasteiger partial charge < -0.3 is 14.6 Å². The van der Waals surface area contributed by atoms with Crippen molar-refractivity contribution in [3.05, 3.63) is 24.2 Å². The minimum atomic E-state index is -1.52. The highest BCUT2D eigenvalue weighted by atomic mass is 16.8. The van der Waals surface area contributed by atoms with Crippen LogP contribution in [0.5, 0.6) is 0 Å². The first kappa shape index (κ1) is 12.2. The molecule has 2 aliphatic rings. The molecule has 5 heteroatoms. The van der Waals surface area contributed by atoms with Gasteiger partial charge in [-0.15, -0.1) is 0 Å². The molecule has 2 heterocycles. The summed E-state index contributed by atoms with van der Waals surface area (Å²) in [5, 5.41) is 21.2. The van der Waals surface area contributed by atoms with Crippen molar-refractivity contribution < 1.29 is 19.5 Å². The topological polar surface area (TPSA) is 74.9 Å². The number of furan rings is 1. The summed E-state index contributed by atoms with van der Waals surface area (Å²) >= 11 is 0. The van der Waals surface area contributed by atoms with E-state index in [4.69, 9.17) is 9.25 Å². The second-order valence-corrected chi connectivity index (χ2v) is 5.37. The molecule has 1 aromatic rings. The van der Waals surface area contributed by atoms with Gasteiger partial charge in [0.15, 0.2) is 0 Å². The summed E-state index contributed by atoms with van der Waals surface area (Å²) in [4.78, 5) is 5.31. The van der Waals surface area contributed by atoms with Gasteiger partial charge in [0.25, 0.3) is 0 Å². The molecule has 2 atom stereocenters. The fraction of sp³-hybridized carbons (Fsp3) is 0.692. The van der Waals surface area contributed by atoms with E-state index >= 15 is 0 Å². The standard InChI is InChI=1S/C13H19NO4/c15-12(6-2-1-3-7-12)13(16)9-10(14-18-13)11-5-4-8-17-11/h4-5,8,10,14-16H,1-3,6-7,9H2/t10-,13+/m1/s1. The predicted molar refractivity (Wildman–Crippen MR) is 63.3 cm³/mol. The fourth-order valence-electron chi connectivity index (χ4n) is 2.99. The predicted octanol–water partition coefficient (Wildman–Crippen LogP) is 1.63. The number of aliphatic hydroxyl groups is 2. The Morgan fingerprint density at radius 3 is 2.67 bits per heavy atom. The summed E-state index contributed by atoms with van der Waals surface area (Å²) in [7, 11) is 0. The normalized spacial score (nSPS) is 35.8. The van der Waals surface area contributed by atoms with Crippen molar-refractivity contribution in [2.45, 2.75) is 56.0 Å². The van der Waals surface area contributed by atoms with Crippen LogP contribution in [0.15, 0.2) is 22.8 Å². The zero-order valence-corrected chi connectivity index (χ0v) is 10.3. The zero-order chi connectivity index (χ0) is 12.6. The third-order valence-electron chi connectivity index (χ3n) is 4.15. The summed E-state index contributed by atoms with van der Waals surface area (Å²) in [5.41, 5.74) is 1.62. The average molecular weight is 253 g/mol. The minimum absolute atomic E-state index is 0.212. The second-order valence-electron chi connectivity index (χ2n) is 5.37. The van der Waals surface area contributed by atoms with Crippen molar-refractivity contribution >= 4 is 0 Å². The molecule has 100 valence electrons. The molecule has 0 radical (unpaired) electrons. The van der Waals surface area contributed by atoms with Crippen LogP contribution in [-0.4, -0.2) is 21.6 Å². The number of rotatable bonds is 2. The maximum Gasteiger partial charge on any atom is 0.216 e. The van der Waals surface area contributed by atoms with Crippen LogP contribution in [0.3, 0.4) is 0 Å². The van der Waals surface area contributed by atoms with E-state index in [-0.39, 0.29) is 6.04 Å². The van der Waals surface area contributed by atoms with E-state index in [1.165, 1.54) is 0 Å². The lowest BCUT2D eigenvalue weighted by Gasteiger charge is -2.41. The molecule has 1 saturated carbocycles. The van der Waals surface area contributed by atoms with Crippen LogP contribution in [0, 0.1) is 0 Å². The summed E-state index contributed by atoms with van der Waals surface area (Å²) in [6.45, 7) is 0. The number of nitrogens with one attached hydrogen (secondary N) is 1. The Bertz CT molecular complexity index is 399. The Labute approximate surface area is 106 Å². The Hall–Kier alpha value is -0.880. The van der Waals surface area contributed by atoms with Crippen LogP contribution < -0.4 is 5.48 Å². The first-order valence-corrected chi connectivity index (χ1v) is 6.55. The number of hydrogen-bond acceptors (Lipinski definition) is 5. The van der Waals surface area contributed by atoms with Crippen molar-refractivity contribution in [2.24, 2.45) is 0 Å². The molecule has 3 rings (SSSR count). The third kappa shape index (κ3) is 1.87. The summed E-state index contributed by atoms with van der Waals surface area (Å²) in [5.74, 6) is -0.810. The van der Waals surface area contributed by atoms with Gasteiger partial charge in [-0.25, -0.2) is 0 Å². The maximum absolute atomic E-state index is 10.6. The SMILES string of the molecule is OC1([C@]2(O)C[C@H](c3ccco3)NO2)CCCCC1. The molecule has 0 spiro atoms. The molecular formula is C13H19NO4. The van der Waals surface area contributed by atoms with Gasteiger partial charge in [0.2, 0.25) is 5.79 Å². The molecule has 0 aromatic carbocycles. The summed E-state index contributed by atoms with van der Waals surface area (Å²) in [6, 6.07) is 3.41. The van der Waals surface area contributed by atoms with Gasteiger partial charge in [-0.3, -0.25) is 4.84 Å². The van der Waals surface area contributed by atoms with Crippen LogP contribution in [0.2, 0.25) is 0 Å². The Kier molecular flexibility index (Phi) is 2.94. The van der Waals surface area contributed by atoms with Crippen molar-refractivity contribution in [1.82, 2.24) is 5.48 Å². The largest absolute Gasteiger partial charge is 0.468 e. The molecule has 0 amide bonds. The van der Waals surface area contributed by atoms with E-state index in [0.29, 0.717) is 25.0 Å². The van der Waals surface area contributed by atoms with E-state index in [2.05, 4.69) is 5.48 Å². The van der Waals surface area contributed by atoms with E-state index in [0.717, 1.165) is 19.3 Å². The quantitative estimate of drug-likeness (QED) is 0.747. The molecule has 3 N–H and O–H groups in total. The van der Waals surface area contributed by atoms with E-state index in [9.17, 15) is 10.2 Å². The molecular weight excluding hydrogens is 234 g/mol. The zero-order valence-electron chi connectivity index (χ0n) is 10.3. The molecule has 5 nitrogen and oxygen atoms in total. The average Bonchev–Trinajstić information content (AvgIpc) is 2.99. The van der Waals surface area contributed by atoms with Gasteiger partial charge in [-0.05, 0) is 25.0 Å². The molecule has 1 aliphatic heterocycles. The van der Waals surface area contributed by atoms with Crippen molar-refractivity contribution in [2.75, 3.05) is 0 Å². The van der Waals surface area contributed by atoms with Gasteiger partial charge >= 0.3 is 0 Å². The monoisotopic (exact) mass is 253 g/mol. The number of hydroxylamine groups is 1. The molecule has 0 bridgehead atoms. The lowest BCUT2D eigenvalue weighted by atomic mass is 9.77. The maximum atomic E-state index is 10.6. The van der Waals surface area contributed by atoms with Crippen LogP contribution >= 0.6 is 0 Å². The molecule has 18 heavy (non-hydrogen) atoms. The van der Waals surface area contributed by atoms with Crippen LogP contribution in [0.4, 0.5) is 0 Å². The van der Waals surface area contributed by atoms with Crippen molar-refractivity contribution in [3.63, 3.8) is 0 Å². The van der Waals surface area contributed by atoms with Crippen LogP contribution in [-0.2, 0) is 4.84 Å². The Morgan fingerprint density at radius 1 is 1.22 bits per heavy atom. The Morgan fingerprint density at radius 2 is 2.00 bits per heavy atom. The second kappa shape index (κ2) is 4.35. The smallest absolute Gasteiger partial charge is 0.216 e. The first-order chi connectivity index (χ1) is 8.63. The minimum Gasteiger partial charge on any atom is -0.468 e. The Balaban J connectivity index is 1.76. The van der Waals surface area contributed by atoms with Crippen LogP contribution in [0.1, 0.15) is 50.3 Å². The lowest BCUT2D eigenvalue weighted by molar-refractivity contribution is -0.303. The van der Waals surface area contributed by atoms with Gasteiger partial charge in [-0.2, -0.15) is 5.48 Å². The summed E-state index contributed by atoms with van der Waals surface area (Å²) < 4.78 is 5.30. The third-order valence-corrected chi connectivity index (χ3v) is 4.15. The molecule has 1 aromatic heterocycles. The molecule has 2 fully saturated rings. The van der Waals surface area contributed by atoms with E-state index in [1.54, 1.807) is 12.3 Å². The van der Waals surface area contributed by atoms with E-state index < -0.39 is 11.4 Å². The van der Waals surface area contributed by atoms with Gasteiger partial charge in [0.1, 0.15) is 11.4 Å². The van der Waals surface area contributed by atoms with Crippen LogP contribution in [0.25, 0.3) is 0 Å². The van der Waals surface area contributed by atoms with Crippen molar-refractivity contribution in [3.8, 4) is 0 Å². The van der Waals surface area contributed by atoms with Crippen molar-refractivity contribution in [1.29, 1.82) is 0 Å². The highest BCUT2D eigenvalue weighted by Gasteiger charge is 2.56. The summed E-state index contributed by atoms with van der Waals surface area (Å²) in [6.07, 6.45) is 6.00. The number of hydrogen-bond donors (Lipinski definition) is 3. The highest BCUT2D eigenvalue weighted by Crippen LogP contribution is 2.44. The first-order valence-electron chi connectivity index (χ1n) is 6.55. The van der Waals surface area contributed by atoms with Gasteiger partial charge in [0, 0.05) is 6.42 Å². The molecule has 1 aliphatic carbocycles. The molecule has 0 unspecified atom stereocenters. The van der Waals surface area contributed by atoms with E-state index in [1.807, 2.05) is 6.07 Å². The van der Waals surface area contributed by atoms with Gasteiger partial charge in [0.05, 0.1) is 12.3 Å². The van der Waals surface area contributed by atoms with Gasteiger partial charge in [-0.1, -0.05) is 19.3 Å².